The lowest BCUT2D eigenvalue weighted by molar-refractivity contribution is 0.352. The van der Waals surface area contributed by atoms with Gasteiger partial charge < -0.3 is 18.9 Å². The Bertz CT molecular complexity index is 707. The van der Waals surface area contributed by atoms with Crippen LogP contribution in [0.15, 0.2) is 12.1 Å². The lowest BCUT2D eigenvalue weighted by atomic mass is 9.99. The topological polar surface area (TPSA) is 36.9 Å². The Morgan fingerprint density at radius 2 is 0.958 bits per heavy atom. The van der Waals surface area contributed by atoms with Crippen molar-refractivity contribution in [3.05, 3.63) is 30.4 Å². The van der Waals surface area contributed by atoms with E-state index in [1.807, 2.05) is 26.0 Å². The van der Waals surface area contributed by atoms with E-state index in [4.69, 9.17) is 18.9 Å². The van der Waals surface area contributed by atoms with E-state index < -0.39 is 0 Å². The van der Waals surface area contributed by atoms with Crippen molar-refractivity contribution in [2.24, 2.45) is 0 Å². The third kappa shape index (κ3) is 3.26. The fraction of sp³-hybridized carbons (Fsp3) is 0.333. The Labute approximate surface area is 170 Å². The average Bonchev–Trinajstić information content (AvgIpc) is 2.59. The first-order valence-electron chi connectivity index (χ1n) is 7.23. The average molecular weight is 554 g/mol. The van der Waals surface area contributed by atoms with Crippen molar-refractivity contribution < 1.29 is 18.9 Å². The standard InChI is InChI=1S/C18H20I2O4/c1-9-15(19)11(7-13(21-3)17(9)23-5)12-8-14(22-4)18(24-6)10(2)16(12)20/h7-8H,1-6H3. The van der Waals surface area contributed by atoms with E-state index in [1.165, 1.54) is 0 Å². The number of halogens is 2. The normalized spacial score (nSPS) is 10.5. The summed E-state index contributed by atoms with van der Waals surface area (Å²) in [6, 6.07) is 4.02. The minimum absolute atomic E-state index is 0.716. The fourth-order valence-electron chi connectivity index (χ4n) is 2.70. The first kappa shape index (κ1) is 19.4. The maximum atomic E-state index is 5.52. The minimum Gasteiger partial charge on any atom is -0.493 e. The van der Waals surface area contributed by atoms with Crippen LogP contribution in [-0.4, -0.2) is 28.4 Å². The molecule has 0 unspecified atom stereocenters. The molecule has 0 aliphatic rings. The first-order valence-corrected chi connectivity index (χ1v) is 9.39. The molecule has 6 heteroatoms. The Kier molecular flexibility index (Phi) is 6.46. The molecule has 0 saturated heterocycles. The number of benzene rings is 2. The van der Waals surface area contributed by atoms with Crippen LogP contribution < -0.4 is 18.9 Å². The monoisotopic (exact) mass is 554 g/mol. The summed E-state index contributed by atoms with van der Waals surface area (Å²) in [5.74, 6) is 2.96. The summed E-state index contributed by atoms with van der Waals surface area (Å²) in [5, 5.41) is 0. The van der Waals surface area contributed by atoms with Gasteiger partial charge in [0, 0.05) is 29.4 Å². The van der Waals surface area contributed by atoms with Crippen LogP contribution in [0.5, 0.6) is 23.0 Å². The molecule has 2 aromatic carbocycles. The highest BCUT2D eigenvalue weighted by Crippen LogP contribution is 2.45. The van der Waals surface area contributed by atoms with E-state index >= 15 is 0 Å². The minimum atomic E-state index is 0.716. The van der Waals surface area contributed by atoms with Crippen LogP contribution >= 0.6 is 45.2 Å². The van der Waals surface area contributed by atoms with Crippen LogP contribution in [0.4, 0.5) is 0 Å². The molecule has 0 aromatic heterocycles. The van der Waals surface area contributed by atoms with Gasteiger partial charge in [0.2, 0.25) is 0 Å². The second kappa shape index (κ2) is 7.99. The molecule has 0 bridgehead atoms. The van der Waals surface area contributed by atoms with Crippen molar-refractivity contribution in [3.63, 3.8) is 0 Å². The Morgan fingerprint density at radius 3 is 1.21 bits per heavy atom. The number of hydrogen-bond donors (Lipinski definition) is 0. The van der Waals surface area contributed by atoms with E-state index in [0.29, 0.717) is 11.5 Å². The zero-order chi connectivity index (χ0) is 18.0. The van der Waals surface area contributed by atoms with Gasteiger partial charge in [-0.1, -0.05) is 0 Å². The van der Waals surface area contributed by atoms with Crippen molar-refractivity contribution in [2.75, 3.05) is 28.4 Å². The van der Waals surface area contributed by atoms with Gasteiger partial charge in [0.15, 0.2) is 23.0 Å². The second-order valence-electron chi connectivity index (χ2n) is 5.20. The molecule has 0 aliphatic carbocycles. The van der Waals surface area contributed by atoms with Crippen LogP contribution in [0.2, 0.25) is 0 Å². The summed E-state index contributed by atoms with van der Waals surface area (Å²) in [6.07, 6.45) is 0. The summed E-state index contributed by atoms with van der Waals surface area (Å²) >= 11 is 4.70. The van der Waals surface area contributed by atoms with Crippen LogP contribution in [-0.2, 0) is 0 Å². The van der Waals surface area contributed by atoms with Crippen LogP contribution in [0.25, 0.3) is 11.1 Å². The molecule has 0 aliphatic heterocycles. The van der Waals surface area contributed by atoms with Gasteiger partial charge in [0.25, 0.3) is 0 Å². The van der Waals surface area contributed by atoms with E-state index in [9.17, 15) is 0 Å². The maximum absolute atomic E-state index is 5.52. The summed E-state index contributed by atoms with van der Waals surface area (Å²) < 4.78 is 24.3. The van der Waals surface area contributed by atoms with Gasteiger partial charge in [-0.15, -0.1) is 0 Å². The van der Waals surface area contributed by atoms with Gasteiger partial charge in [-0.05, 0) is 71.2 Å². The third-order valence-corrected chi connectivity index (χ3v) is 6.73. The molecule has 24 heavy (non-hydrogen) atoms. The predicted octanol–water partition coefficient (Wildman–Crippen LogP) is 5.21. The van der Waals surface area contributed by atoms with Crippen LogP contribution in [0.1, 0.15) is 11.1 Å². The Balaban J connectivity index is 2.82. The Morgan fingerprint density at radius 1 is 0.625 bits per heavy atom. The number of methoxy groups -OCH3 is 4. The fourth-order valence-corrected chi connectivity index (χ4v) is 4.08. The van der Waals surface area contributed by atoms with Gasteiger partial charge in [-0.25, -0.2) is 0 Å². The Hall–Kier alpha value is -0.900. The van der Waals surface area contributed by atoms with E-state index in [-0.39, 0.29) is 0 Å². The molecule has 0 heterocycles. The van der Waals surface area contributed by atoms with Crippen LogP contribution in [0, 0.1) is 21.0 Å². The van der Waals surface area contributed by atoms with E-state index in [2.05, 4.69) is 45.2 Å². The predicted molar refractivity (Wildman–Crippen MR) is 113 cm³/mol. The molecule has 0 N–H and O–H groups in total. The molecule has 4 nitrogen and oxygen atoms in total. The molecule has 2 rings (SSSR count). The van der Waals surface area contributed by atoms with Gasteiger partial charge in [0.05, 0.1) is 28.4 Å². The zero-order valence-corrected chi connectivity index (χ0v) is 18.9. The van der Waals surface area contributed by atoms with Crippen molar-refractivity contribution in [2.45, 2.75) is 13.8 Å². The highest BCUT2D eigenvalue weighted by Gasteiger charge is 2.21. The largest absolute Gasteiger partial charge is 0.493 e. The molecule has 2 aromatic rings. The van der Waals surface area contributed by atoms with Crippen molar-refractivity contribution in [1.82, 2.24) is 0 Å². The van der Waals surface area contributed by atoms with Gasteiger partial charge in [-0.2, -0.15) is 0 Å². The lowest BCUT2D eigenvalue weighted by Gasteiger charge is -2.19. The highest BCUT2D eigenvalue weighted by molar-refractivity contribution is 14.1. The number of hydrogen-bond acceptors (Lipinski definition) is 4. The molecule has 0 radical (unpaired) electrons. The molecular weight excluding hydrogens is 534 g/mol. The molecule has 0 amide bonds. The zero-order valence-electron chi connectivity index (χ0n) is 14.5. The van der Waals surface area contributed by atoms with E-state index in [0.717, 1.165) is 40.9 Å². The van der Waals surface area contributed by atoms with Gasteiger partial charge in [-0.3, -0.25) is 0 Å². The maximum Gasteiger partial charge on any atom is 0.164 e. The molecule has 130 valence electrons. The SMILES string of the molecule is COc1cc(-c2cc(OC)c(OC)c(C)c2I)c(I)c(C)c1OC. The molecule has 0 fully saturated rings. The summed E-state index contributed by atoms with van der Waals surface area (Å²) in [6.45, 7) is 4.07. The van der Waals surface area contributed by atoms with Crippen molar-refractivity contribution >= 4 is 45.2 Å². The smallest absolute Gasteiger partial charge is 0.164 e. The van der Waals surface area contributed by atoms with Crippen molar-refractivity contribution in [3.8, 4) is 34.1 Å². The third-order valence-electron chi connectivity index (χ3n) is 3.95. The summed E-state index contributed by atoms with van der Waals surface area (Å²) in [7, 11) is 6.62. The van der Waals surface area contributed by atoms with E-state index in [1.54, 1.807) is 28.4 Å². The summed E-state index contributed by atoms with van der Waals surface area (Å²) in [4.78, 5) is 0. The molecule has 0 saturated carbocycles. The van der Waals surface area contributed by atoms with Gasteiger partial charge >= 0.3 is 0 Å². The quantitative estimate of drug-likeness (QED) is 0.476. The number of rotatable bonds is 5. The lowest BCUT2D eigenvalue weighted by Crippen LogP contribution is -2.01. The van der Waals surface area contributed by atoms with Crippen LogP contribution in [0.3, 0.4) is 0 Å². The molecular formula is C18H20I2O4. The highest BCUT2D eigenvalue weighted by atomic mass is 127. The summed E-state index contributed by atoms with van der Waals surface area (Å²) in [5.41, 5.74) is 4.27. The second-order valence-corrected chi connectivity index (χ2v) is 7.35. The molecule has 0 atom stereocenters. The van der Waals surface area contributed by atoms with Gasteiger partial charge in [0.1, 0.15) is 0 Å². The number of ether oxygens (including phenoxy) is 4. The molecule has 0 spiro atoms. The van der Waals surface area contributed by atoms with Crippen molar-refractivity contribution in [1.29, 1.82) is 0 Å². The first-order chi connectivity index (χ1) is 11.4.